The lowest BCUT2D eigenvalue weighted by Gasteiger charge is -2.04. The minimum atomic E-state index is 0.753. The summed E-state index contributed by atoms with van der Waals surface area (Å²) in [7, 11) is 0. The van der Waals surface area contributed by atoms with Gasteiger partial charge in [-0.25, -0.2) is 0 Å². The summed E-state index contributed by atoms with van der Waals surface area (Å²) in [6.45, 7) is 1.65. The Morgan fingerprint density at radius 1 is 0.778 bits per heavy atom. The minimum Gasteiger partial charge on any atom is -0.377 e. The number of hydrogen-bond acceptors (Lipinski definition) is 2. The van der Waals surface area contributed by atoms with E-state index in [9.17, 15) is 0 Å². The van der Waals surface area contributed by atoms with E-state index < -0.39 is 0 Å². The maximum Gasteiger partial charge on any atom is 0.0716 e. The van der Waals surface area contributed by atoms with Crippen LogP contribution in [0.1, 0.15) is 50.5 Å². The highest BCUT2D eigenvalue weighted by molar-refractivity contribution is 7.80. The van der Waals surface area contributed by atoms with Gasteiger partial charge in [0.2, 0.25) is 0 Å². The molecule has 0 spiro atoms. The SMILES string of the molecule is SCCCCCCCCCOCc1ccccc1. The van der Waals surface area contributed by atoms with Crippen molar-refractivity contribution in [3.8, 4) is 0 Å². The van der Waals surface area contributed by atoms with Crippen LogP contribution in [0.15, 0.2) is 30.3 Å². The average molecular weight is 266 g/mol. The van der Waals surface area contributed by atoms with Crippen molar-refractivity contribution in [2.24, 2.45) is 0 Å². The van der Waals surface area contributed by atoms with Crippen molar-refractivity contribution in [3.05, 3.63) is 35.9 Å². The molecule has 0 saturated heterocycles. The molecule has 1 aromatic rings. The third-order valence-corrected chi connectivity index (χ3v) is 3.37. The molecule has 1 rings (SSSR count). The molecule has 0 aliphatic heterocycles. The van der Waals surface area contributed by atoms with Crippen LogP contribution in [0.4, 0.5) is 0 Å². The van der Waals surface area contributed by atoms with Crippen LogP contribution in [0.2, 0.25) is 0 Å². The monoisotopic (exact) mass is 266 g/mol. The quantitative estimate of drug-likeness (QED) is 0.444. The molecule has 102 valence electrons. The second-order valence-corrected chi connectivity index (χ2v) is 5.18. The Labute approximate surface area is 117 Å². The summed E-state index contributed by atoms with van der Waals surface area (Å²) in [6, 6.07) is 10.4. The predicted octanol–water partition coefficient (Wildman–Crippen LogP) is 4.86. The Morgan fingerprint density at radius 3 is 2.06 bits per heavy atom. The van der Waals surface area contributed by atoms with Gasteiger partial charge >= 0.3 is 0 Å². The Balaban J connectivity index is 1.82. The van der Waals surface area contributed by atoms with E-state index in [1.807, 2.05) is 6.07 Å². The summed E-state index contributed by atoms with van der Waals surface area (Å²) in [5.41, 5.74) is 1.27. The molecule has 18 heavy (non-hydrogen) atoms. The third kappa shape index (κ3) is 8.60. The molecule has 0 saturated carbocycles. The van der Waals surface area contributed by atoms with E-state index in [4.69, 9.17) is 4.74 Å². The van der Waals surface area contributed by atoms with Crippen molar-refractivity contribution in [1.29, 1.82) is 0 Å². The molecule has 0 aliphatic rings. The van der Waals surface area contributed by atoms with Crippen LogP contribution in [0.3, 0.4) is 0 Å². The second-order valence-electron chi connectivity index (χ2n) is 4.74. The van der Waals surface area contributed by atoms with Crippen molar-refractivity contribution in [3.63, 3.8) is 0 Å². The van der Waals surface area contributed by atoms with Gasteiger partial charge in [0, 0.05) is 6.61 Å². The second kappa shape index (κ2) is 11.6. The van der Waals surface area contributed by atoms with Crippen molar-refractivity contribution in [2.45, 2.75) is 51.6 Å². The average Bonchev–Trinajstić information content (AvgIpc) is 2.42. The summed E-state index contributed by atoms with van der Waals surface area (Å²) < 4.78 is 5.65. The highest BCUT2D eigenvalue weighted by Gasteiger charge is 1.93. The molecule has 0 bridgehead atoms. The maximum absolute atomic E-state index is 5.65. The first kappa shape index (κ1) is 15.6. The number of thiol groups is 1. The van der Waals surface area contributed by atoms with Crippen LogP contribution in [-0.2, 0) is 11.3 Å². The van der Waals surface area contributed by atoms with E-state index in [-0.39, 0.29) is 0 Å². The van der Waals surface area contributed by atoms with Gasteiger partial charge in [-0.3, -0.25) is 0 Å². The fourth-order valence-electron chi connectivity index (χ4n) is 1.96. The first-order chi connectivity index (χ1) is 8.93. The lowest BCUT2D eigenvalue weighted by atomic mass is 10.1. The number of hydrogen-bond donors (Lipinski definition) is 1. The van der Waals surface area contributed by atoms with E-state index in [2.05, 4.69) is 36.9 Å². The van der Waals surface area contributed by atoms with Gasteiger partial charge < -0.3 is 4.74 Å². The molecule has 0 aromatic heterocycles. The summed E-state index contributed by atoms with van der Waals surface area (Å²) >= 11 is 4.22. The van der Waals surface area contributed by atoms with Crippen molar-refractivity contribution >= 4 is 12.6 Å². The van der Waals surface area contributed by atoms with Crippen molar-refractivity contribution in [1.82, 2.24) is 0 Å². The number of unbranched alkanes of at least 4 members (excludes halogenated alkanes) is 6. The minimum absolute atomic E-state index is 0.753. The standard InChI is InChI=1S/C16H26OS/c18-14-10-5-3-1-2-4-9-13-17-15-16-11-7-6-8-12-16/h6-8,11-12,18H,1-5,9-10,13-15H2. The molecule has 1 nitrogen and oxygen atoms in total. The van der Waals surface area contributed by atoms with Crippen LogP contribution in [-0.4, -0.2) is 12.4 Å². The van der Waals surface area contributed by atoms with Gasteiger partial charge in [-0.2, -0.15) is 12.6 Å². The van der Waals surface area contributed by atoms with E-state index in [1.54, 1.807) is 0 Å². The molecule has 0 amide bonds. The Morgan fingerprint density at radius 2 is 1.39 bits per heavy atom. The van der Waals surface area contributed by atoms with Gasteiger partial charge in [0.1, 0.15) is 0 Å². The van der Waals surface area contributed by atoms with Gasteiger partial charge in [-0.05, 0) is 24.2 Å². The number of ether oxygens (including phenoxy) is 1. The van der Waals surface area contributed by atoms with Crippen LogP contribution in [0.25, 0.3) is 0 Å². The normalized spacial score (nSPS) is 10.7. The molecule has 0 heterocycles. The topological polar surface area (TPSA) is 9.23 Å². The molecule has 0 unspecified atom stereocenters. The summed E-state index contributed by atoms with van der Waals surface area (Å²) in [5.74, 6) is 1.04. The van der Waals surface area contributed by atoms with Crippen LogP contribution < -0.4 is 0 Å². The van der Waals surface area contributed by atoms with Crippen molar-refractivity contribution < 1.29 is 4.74 Å². The highest BCUT2D eigenvalue weighted by atomic mass is 32.1. The largest absolute Gasteiger partial charge is 0.377 e. The highest BCUT2D eigenvalue weighted by Crippen LogP contribution is 2.08. The number of benzene rings is 1. The van der Waals surface area contributed by atoms with Gasteiger partial charge in [0.25, 0.3) is 0 Å². The summed E-state index contributed by atoms with van der Waals surface area (Å²) in [6.07, 6.45) is 9.19. The zero-order chi connectivity index (χ0) is 12.9. The van der Waals surface area contributed by atoms with Crippen LogP contribution in [0.5, 0.6) is 0 Å². The first-order valence-corrected chi connectivity index (χ1v) is 7.79. The lowest BCUT2D eigenvalue weighted by Crippen LogP contribution is -1.95. The summed E-state index contributed by atoms with van der Waals surface area (Å²) in [4.78, 5) is 0. The van der Waals surface area contributed by atoms with Gasteiger partial charge in [-0.15, -0.1) is 0 Å². The summed E-state index contributed by atoms with van der Waals surface area (Å²) in [5, 5.41) is 0. The van der Waals surface area contributed by atoms with Crippen molar-refractivity contribution in [2.75, 3.05) is 12.4 Å². The molecular formula is C16H26OS. The molecule has 0 radical (unpaired) electrons. The van der Waals surface area contributed by atoms with Gasteiger partial charge in [-0.1, -0.05) is 62.4 Å². The molecule has 2 heteroatoms. The maximum atomic E-state index is 5.65. The Kier molecular flexibility index (Phi) is 10.1. The lowest BCUT2D eigenvalue weighted by molar-refractivity contribution is 0.116. The molecule has 0 fully saturated rings. The van der Waals surface area contributed by atoms with E-state index in [0.29, 0.717) is 0 Å². The molecule has 1 aromatic carbocycles. The molecule has 0 atom stereocenters. The predicted molar refractivity (Wildman–Crippen MR) is 82.3 cm³/mol. The van der Waals surface area contributed by atoms with E-state index >= 15 is 0 Å². The molecule has 0 aliphatic carbocycles. The third-order valence-electron chi connectivity index (χ3n) is 3.06. The van der Waals surface area contributed by atoms with Gasteiger partial charge in [0.15, 0.2) is 0 Å². The van der Waals surface area contributed by atoms with E-state index in [0.717, 1.165) is 19.0 Å². The fourth-order valence-corrected chi connectivity index (χ4v) is 2.19. The molecular weight excluding hydrogens is 240 g/mol. The Bertz CT molecular complexity index is 274. The zero-order valence-corrected chi connectivity index (χ0v) is 12.2. The van der Waals surface area contributed by atoms with Crippen LogP contribution in [0, 0.1) is 0 Å². The fraction of sp³-hybridized carbons (Fsp3) is 0.625. The zero-order valence-electron chi connectivity index (χ0n) is 11.3. The smallest absolute Gasteiger partial charge is 0.0716 e. The van der Waals surface area contributed by atoms with E-state index in [1.165, 1.54) is 50.5 Å². The Hall–Kier alpha value is -0.470. The number of rotatable bonds is 11. The van der Waals surface area contributed by atoms with Crippen LogP contribution >= 0.6 is 12.6 Å². The van der Waals surface area contributed by atoms with Gasteiger partial charge in [0.05, 0.1) is 6.61 Å². The first-order valence-electron chi connectivity index (χ1n) is 7.16. The molecule has 0 N–H and O–H groups in total.